The molecule has 9 heteroatoms. The van der Waals surface area contributed by atoms with Gasteiger partial charge in [0, 0.05) is 12.5 Å². The number of halogens is 1. The Hall–Kier alpha value is -3.88. The third-order valence-corrected chi connectivity index (χ3v) is 6.06. The van der Waals surface area contributed by atoms with Gasteiger partial charge in [-0.3, -0.25) is 4.79 Å². The number of carboxylic acid groups (broad SMARTS) is 1. The molecule has 180 valence electrons. The van der Waals surface area contributed by atoms with Crippen LogP contribution in [-0.4, -0.2) is 47.4 Å². The second-order valence-electron chi connectivity index (χ2n) is 8.11. The van der Waals surface area contributed by atoms with Gasteiger partial charge in [-0.15, -0.1) is 0 Å². The van der Waals surface area contributed by atoms with Crippen LogP contribution in [0.3, 0.4) is 0 Å². The van der Waals surface area contributed by atoms with E-state index in [1.165, 1.54) is 18.2 Å². The first-order valence-electron chi connectivity index (χ1n) is 10.9. The van der Waals surface area contributed by atoms with Crippen LogP contribution in [0.15, 0.2) is 66.7 Å². The van der Waals surface area contributed by atoms with Crippen molar-refractivity contribution in [2.24, 2.45) is 0 Å². The van der Waals surface area contributed by atoms with Gasteiger partial charge >= 0.3 is 12.1 Å². The number of anilines is 1. The fourth-order valence-corrected chi connectivity index (χ4v) is 4.26. The van der Waals surface area contributed by atoms with Crippen molar-refractivity contribution in [2.45, 2.75) is 18.4 Å². The minimum atomic E-state index is -1.18. The number of carboxylic acids is 1. The quantitative estimate of drug-likeness (QED) is 0.370. The van der Waals surface area contributed by atoms with E-state index in [4.69, 9.17) is 21.4 Å². The predicted molar refractivity (Wildman–Crippen MR) is 131 cm³/mol. The molecule has 0 heterocycles. The van der Waals surface area contributed by atoms with Gasteiger partial charge in [-0.05, 0) is 40.5 Å². The van der Waals surface area contributed by atoms with Gasteiger partial charge < -0.3 is 25.6 Å². The molecule has 3 aromatic carbocycles. The number of carbonyl (C=O) groups excluding carboxylic acids is 2. The summed E-state index contributed by atoms with van der Waals surface area (Å²) in [6, 6.07) is 19.9. The van der Waals surface area contributed by atoms with Crippen LogP contribution in [0.1, 0.15) is 33.8 Å². The SMILES string of the molecule is O=C(CC(O)CNC(=O)OCC1c2ccccc2-c2ccccc21)Nc1cc(C(=O)O)ccc1Cl. The van der Waals surface area contributed by atoms with Gasteiger partial charge in [0.25, 0.3) is 0 Å². The number of rotatable bonds is 8. The molecule has 8 nitrogen and oxygen atoms in total. The summed E-state index contributed by atoms with van der Waals surface area (Å²) in [5.74, 6) is -1.84. The van der Waals surface area contributed by atoms with E-state index in [-0.39, 0.29) is 41.8 Å². The first kappa shape index (κ1) is 24.3. The summed E-state index contributed by atoms with van der Waals surface area (Å²) in [6.07, 6.45) is -2.22. The lowest BCUT2D eigenvalue weighted by Gasteiger charge is -2.16. The summed E-state index contributed by atoms with van der Waals surface area (Å²) in [5, 5.41) is 24.3. The van der Waals surface area contributed by atoms with Gasteiger partial charge in [-0.1, -0.05) is 60.1 Å². The molecule has 35 heavy (non-hydrogen) atoms. The number of carbonyl (C=O) groups is 3. The molecule has 1 aliphatic carbocycles. The maximum absolute atomic E-state index is 12.2. The number of ether oxygens (including phenoxy) is 1. The van der Waals surface area contributed by atoms with Gasteiger partial charge in [0.15, 0.2) is 0 Å². The van der Waals surface area contributed by atoms with Crippen LogP contribution in [0.5, 0.6) is 0 Å². The number of amides is 2. The number of fused-ring (bicyclic) bond motifs is 3. The average Bonchev–Trinajstić information content (AvgIpc) is 3.16. The van der Waals surface area contributed by atoms with Crippen LogP contribution in [-0.2, 0) is 9.53 Å². The number of nitrogens with one attached hydrogen (secondary N) is 2. The molecule has 1 unspecified atom stereocenters. The van der Waals surface area contributed by atoms with E-state index in [0.717, 1.165) is 22.3 Å². The zero-order chi connectivity index (χ0) is 24.9. The molecule has 0 saturated heterocycles. The van der Waals surface area contributed by atoms with Gasteiger partial charge in [-0.2, -0.15) is 0 Å². The highest BCUT2D eigenvalue weighted by atomic mass is 35.5. The Balaban J connectivity index is 1.26. The van der Waals surface area contributed by atoms with Gasteiger partial charge in [0.05, 0.1) is 28.8 Å². The van der Waals surface area contributed by atoms with E-state index >= 15 is 0 Å². The molecule has 0 aliphatic heterocycles. The lowest BCUT2D eigenvalue weighted by atomic mass is 9.98. The Morgan fingerprint density at radius 1 is 0.971 bits per heavy atom. The van der Waals surface area contributed by atoms with Crippen molar-refractivity contribution >= 4 is 35.3 Å². The second kappa shape index (κ2) is 10.6. The summed E-state index contributed by atoms with van der Waals surface area (Å²) >= 11 is 5.99. The molecule has 1 aliphatic rings. The van der Waals surface area contributed by atoms with Crippen LogP contribution in [0, 0.1) is 0 Å². The van der Waals surface area contributed by atoms with E-state index in [2.05, 4.69) is 10.6 Å². The normalized spacial score (nSPS) is 12.9. The highest BCUT2D eigenvalue weighted by Crippen LogP contribution is 2.44. The van der Waals surface area contributed by atoms with Crippen molar-refractivity contribution < 1.29 is 29.3 Å². The standard InChI is InChI=1S/C26H23ClN2O6/c27-22-10-9-15(25(32)33)11-23(22)29-24(31)12-16(30)13-28-26(34)35-14-21-19-7-3-1-5-17(19)18-6-2-4-8-20(18)21/h1-11,16,21,30H,12-14H2,(H,28,34)(H,29,31)(H,32,33). The van der Waals surface area contributed by atoms with Crippen LogP contribution in [0.4, 0.5) is 10.5 Å². The number of aromatic carboxylic acids is 1. The Labute approximate surface area is 206 Å². The monoisotopic (exact) mass is 494 g/mol. The fraction of sp³-hybridized carbons (Fsp3) is 0.192. The lowest BCUT2D eigenvalue weighted by Crippen LogP contribution is -2.35. The van der Waals surface area contributed by atoms with Crippen LogP contribution >= 0.6 is 11.6 Å². The molecule has 3 aromatic rings. The molecule has 4 rings (SSSR count). The van der Waals surface area contributed by atoms with Crippen molar-refractivity contribution in [3.05, 3.63) is 88.4 Å². The van der Waals surface area contributed by atoms with Gasteiger partial charge in [0.2, 0.25) is 5.91 Å². The Bertz CT molecular complexity index is 1230. The maximum atomic E-state index is 12.2. The maximum Gasteiger partial charge on any atom is 0.407 e. The number of hydrogen-bond acceptors (Lipinski definition) is 5. The summed E-state index contributed by atoms with van der Waals surface area (Å²) in [4.78, 5) is 35.5. The van der Waals surface area contributed by atoms with Crippen molar-refractivity contribution in [1.29, 1.82) is 0 Å². The molecule has 2 amide bonds. The van der Waals surface area contributed by atoms with Crippen molar-refractivity contribution in [1.82, 2.24) is 5.32 Å². The highest BCUT2D eigenvalue weighted by molar-refractivity contribution is 6.33. The van der Waals surface area contributed by atoms with E-state index in [9.17, 15) is 19.5 Å². The van der Waals surface area contributed by atoms with E-state index < -0.39 is 24.1 Å². The van der Waals surface area contributed by atoms with Crippen LogP contribution in [0.2, 0.25) is 5.02 Å². The fourth-order valence-electron chi connectivity index (χ4n) is 4.09. The Morgan fingerprint density at radius 2 is 1.60 bits per heavy atom. The average molecular weight is 495 g/mol. The summed E-state index contributed by atoms with van der Waals surface area (Å²) in [7, 11) is 0. The van der Waals surface area contributed by atoms with Gasteiger partial charge in [0.1, 0.15) is 6.61 Å². The molecule has 0 saturated carbocycles. The predicted octanol–water partition coefficient (Wildman–Crippen LogP) is 4.27. The molecular formula is C26H23ClN2O6. The van der Waals surface area contributed by atoms with E-state index in [1.807, 2.05) is 48.5 Å². The zero-order valence-corrected chi connectivity index (χ0v) is 19.3. The lowest BCUT2D eigenvalue weighted by molar-refractivity contribution is -0.118. The molecule has 0 radical (unpaired) electrons. The first-order valence-corrected chi connectivity index (χ1v) is 11.3. The molecule has 0 fully saturated rings. The summed E-state index contributed by atoms with van der Waals surface area (Å²) in [6.45, 7) is -0.0676. The number of alkyl carbamates (subject to hydrolysis) is 1. The summed E-state index contributed by atoms with van der Waals surface area (Å²) in [5.41, 5.74) is 4.49. The largest absolute Gasteiger partial charge is 0.478 e. The van der Waals surface area contributed by atoms with E-state index in [1.54, 1.807) is 0 Å². The number of aliphatic hydroxyl groups excluding tert-OH is 1. The second-order valence-corrected chi connectivity index (χ2v) is 8.52. The van der Waals surface area contributed by atoms with Crippen molar-refractivity contribution in [3.63, 3.8) is 0 Å². The molecule has 0 bridgehead atoms. The third kappa shape index (κ3) is 5.62. The number of aliphatic hydroxyl groups is 1. The topological polar surface area (TPSA) is 125 Å². The molecular weight excluding hydrogens is 472 g/mol. The van der Waals surface area contributed by atoms with Gasteiger partial charge in [-0.25, -0.2) is 9.59 Å². The smallest absolute Gasteiger partial charge is 0.407 e. The zero-order valence-electron chi connectivity index (χ0n) is 18.5. The van der Waals surface area contributed by atoms with Crippen molar-refractivity contribution in [2.75, 3.05) is 18.5 Å². The van der Waals surface area contributed by atoms with Crippen LogP contribution < -0.4 is 10.6 Å². The van der Waals surface area contributed by atoms with Crippen LogP contribution in [0.25, 0.3) is 11.1 Å². The number of benzene rings is 3. The molecule has 0 aromatic heterocycles. The molecule has 0 spiro atoms. The Kier molecular flexibility index (Phi) is 7.33. The number of hydrogen-bond donors (Lipinski definition) is 4. The highest BCUT2D eigenvalue weighted by Gasteiger charge is 2.29. The molecule has 4 N–H and O–H groups in total. The summed E-state index contributed by atoms with van der Waals surface area (Å²) < 4.78 is 5.41. The minimum absolute atomic E-state index is 0.0397. The third-order valence-electron chi connectivity index (χ3n) is 5.73. The minimum Gasteiger partial charge on any atom is -0.478 e. The van der Waals surface area contributed by atoms with Crippen molar-refractivity contribution in [3.8, 4) is 11.1 Å². The van der Waals surface area contributed by atoms with E-state index in [0.29, 0.717) is 0 Å². The molecule has 1 atom stereocenters. The Morgan fingerprint density at radius 3 is 2.23 bits per heavy atom. The first-order chi connectivity index (χ1) is 16.8.